The van der Waals surface area contributed by atoms with Crippen molar-refractivity contribution in [2.75, 3.05) is 36.4 Å². The van der Waals surface area contributed by atoms with Crippen LogP contribution in [0.3, 0.4) is 0 Å². The van der Waals surface area contributed by atoms with E-state index in [1.54, 1.807) is 0 Å². The Balaban J connectivity index is 2.93. The van der Waals surface area contributed by atoms with Gasteiger partial charge in [0.2, 0.25) is 10.0 Å². The Kier molecular flexibility index (Phi) is 6.98. The fourth-order valence-corrected chi connectivity index (χ4v) is 3.26. The first-order chi connectivity index (χ1) is 9.51. The summed E-state index contributed by atoms with van der Waals surface area (Å²) in [5.74, 6) is -0.0145. The molecule has 0 aromatic heterocycles. The Bertz CT molecular complexity index is 503. The summed E-state index contributed by atoms with van der Waals surface area (Å²) in [6, 6.07) is 7.48. The Morgan fingerprint density at radius 1 is 1.35 bits per heavy atom. The number of rotatable bonds is 9. The van der Waals surface area contributed by atoms with Gasteiger partial charge in [0.05, 0.1) is 18.0 Å². The summed E-state index contributed by atoms with van der Waals surface area (Å²) in [7, 11) is -3.38. The second-order valence-electron chi connectivity index (χ2n) is 4.57. The van der Waals surface area contributed by atoms with E-state index in [0.717, 1.165) is 5.56 Å². The first-order valence-corrected chi connectivity index (χ1v) is 8.47. The number of hydrogen-bond acceptors (Lipinski definition) is 4. The summed E-state index contributed by atoms with van der Waals surface area (Å²) in [6.45, 7) is 5.38. The van der Waals surface area contributed by atoms with Crippen LogP contribution in [-0.4, -0.2) is 40.5 Å². The van der Waals surface area contributed by atoms with E-state index < -0.39 is 10.0 Å². The summed E-state index contributed by atoms with van der Waals surface area (Å²) in [5.41, 5.74) is 7.22. The van der Waals surface area contributed by atoms with Gasteiger partial charge in [-0.05, 0) is 44.5 Å². The van der Waals surface area contributed by atoms with E-state index >= 15 is 0 Å². The van der Waals surface area contributed by atoms with Crippen LogP contribution in [0.15, 0.2) is 24.3 Å². The highest BCUT2D eigenvalue weighted by molar-refractivity contribution is 7.92. The topological polar surface area (TPSA) is 72.6 Å². The van der Waals surface area contributed by atoms with Gasteiger partial charge in [0.25, 0.3) is 0 Å². The molecule has 0 aliphatic rings. The molecule has 0 atom stereocenters. The highest BCUT2D eigenvalue weighted by Crippen LogP contribution is 2.20. The Morgan fingerprint density at radius 2 is 2.10 bits per heavy atom. The van der Waals surface area contributed by atoms with Crippen LogP contribution < -0.4 is 10.0 Å². The molecule has 0 fully saturated rings. The molecule has 0 heterocycles. The van der Waals surface area contributed by atoms with Gasteiger partial charge in [-0.3, -0.25) is 4.31 Å². The molecule has 0 saturated carbocycles. The Labute approximate surface area is 121 Å². The van der Waals surface area contributed by atoms with Crippen molar-refractivity contribution < 1.29 is 13.2 Å². The van der Waals surface area contributed by atoms with Gasteiger partial charge >= 0.3 is 0 Å². The normalized spacial score (nSPS) is 11.6. The minimum absolute atomic E-state index is 0.0145. The minimum Gasteiger partial charge on any atom is -0.381 e. The zero-order valence-corrected chi connectivity index (χ0v) is 13.0. The lowest BCUT2D eigenvalue weighted by Crippen LogP contribution is -2.36. The molecule has 0 saturated heterocycles. The number of nitrogens with two attached hydrogens (primary N) is 1. The second-order valence-corrected chi connectivity index (χ2v) is 6.58. The highest BCUT2D eigenvalue weighted by atomic mass is 32.2. The number of nitrogens with zero attached hydrogens (tertiary/aromatic N) is 1. The van der Waals surface area contributed by atoms with E-state index in [4.69, 9.17) is 10.5 Å². The van der Waals surface area contributed by atoms with Crippen LogP contribution in [0.4, 0.5) is 5.69 Å². The molecular weight excluding hydrogens is 276 g/mol. The zero-order valence-electron chi connectivity index (χ0n) is 12.2. The quantitative estimate of drug-likeness (QED) is 0.702. The maximum Gasteiger partial charge on any atom is 0.237 e. The SMILES string of the molecule is CCOCCS(=O)(=O)N(CCCN)c1cccc(C)c1. The molecule has 0 radical (unpaired) electrons. The van der Waals surface area contributed by atoms with E-state index in [1.807, 2.05) is 38.1 Å². The Hall–Kier alpha value is -1.11. The third-order valence-corrected chi connectivity index (χ3v) is 4.63. The lowest BCUT2D eigenvalue weighted by atomic mass is 10.2. The molecule has 114 valence electrons. The lowest BCUT2D eigenvalue weighted by molar-refractivity contribution is 0.163. The van der Waals surface area contributed by atoms with Crippen molar-refractivity contribution in [3.63, 3.8) is 0 Å². The molecule has 2 N–H and O–H groups in total. The zero-order chi connectivity index (χ0) is 15.0. The summed E-state index contributed by atoms with van der Waals surface area (Å²) < 4.78 is 31.4. The van der Waals surface area contributed by atoms with Crippen LogP contribution in [0, 0.1) is 6.92 Å². The number of aryl methyl sites for hydroxylation is 1. The smallest absolute Gasteiger partial charge is 0.237 e. The second kappa shape index (κ2) is 8.24. The van der Waals surface area contributed by atoms with Crippen LogP contribution in [0.5, 0.6) is 0 Å². The molecular formula is C14H24N2O3S. The summed E-state index contributed by atoms with van der Waals surface area (Å²) in [5, 5.41) is 0. The van der Waals surface area contributed by atoms with E-state index in [1.165, 1.54) is 4.31 Å². The van der Waals surface area contributed by atoms with Gasteiger partial charge in [0.15, 0.2) is 0 Å². The average Bonchev–Trinajstić information content (AvgIpc) is 2.39. The lowest BCUT2D eigenvalue weighted by Gasteiger charge is -2.24. The maximum absolute atomic E-state index is 12.4. The third-order valence-electron chi connectivity index (χ3n) is 2.88. The van der Waals surface area contributed by atoms with Gasteiger partial charge in [-0.1, -0.05) is 12.1 Å². The molecule has 0 bridgehead atoms. The monoisotopic (exact) mass is 300 g/mol. The molecule has 20 heavy (non-hydrogen) atoms. The summed E-state index contributed by atoms with van der Waals surface area (Å²) in [4.78, 5) is 0. The molecule has 1 aromatic rings. The summed E-state index contributed by atoms with van der Waals surface area (Å²) >= 11 is 0. The first-order valence-electron chi connectivity index (χ1n) is 6.86. The van der Waals surface area contributed by atoms with Crippen molar-refractivity contribution in [1.29, 1.82) is 0 Å². The van der Waals surface area contributed by atoms with Crippen LogP contribution in [0.2, 0.25) is 0 Å². The van der Waals surface area contributed by atoms with E-state index in [0.29, 0.717) is 31.8 Å². The molecule has 6 heteroatoms. The molecule has 1 rings (SSSR count). The Morgan fingerprint density at radius 3 is 2.70 bits per heavy atom. The van der Waals surface area contributed by atoms with Crippen LogP contribution in [-0.2, 0) is 14.8 Å². The number of anilines is 1. The predicted molar refractivity (Wildman–Crippen MR) is 82.5 cm³/mol. The molecule has 5 nitrogen and oxygen atoms in total. The van der Waals surface area contributed by atoms with Gasteiger partial charge in [-0.15, -0.1) is 0 Å². The average molecular weight is 300 g/mol. The van der Waals surface area contributed by atoms with Crippen LogP contribution in [0.25, 0.3) is 0 Å². The fraction of sp³-hybridized carbons (Fsp3) is 0.571. The molecule has 0 aliphatic heterocycles. The fourth-order valence-electron chi connectivity index (χ4n) is 1.87. The van der Waals surface area contributed by atoms with E-state index in [9.17, 15) is 8.42 Å². The van der Waals surface area contributed by atoms with Crippen molar-refractivity contribution in [3.05, 3.63) is 29.8 Å². The maximum atomic E-state index is 12.4. The van der Waals surface area contributed by atoms with Crippen molar-refractivity contribution in [2.24, 2.45) is 5.73 Å². The number of ether oxygens (including phenoxy) is 1. The minimum atomic E-state index is -3.38. The van der Waals surface area contributed by atoms with Crippen molar-refractivity contribution in [3.8, 4) is 0 Å². The van der Waals surface area contributed by atoms with Crippen molar-refractivity contribution >= 4 is 15.7 Å². The standard InChI is InChI=1S/C14H24N2O3S/c1-3-19-10-11-20(17,18)16(9-5-8-15)14-7-4-6-13(2)12-14/h4,6-7,12H,3,5,8-11,15H2,1-2H3. The predicted octanol–water partition coefficient (Wildman–Crippen LogP) is 1.52. The number of hydrogen-bond donors (Lipinski definition) is 1. The number of sulfonamides is 1. The third kappa shape index (κ3) is 5.11. The van der Waals surface area contributed by atoms with Crippen molar-refractivity contribution in [2.45, 2.75) is 20.3 Å². The van der Waals surface area contributed by atoms with Gasteiger partial charge in [0, 0.05) is 13.2 Å². The molecule has 0 unspecified atom stereocenters. The largest absolute Gasteiger partial charge is 0.381 e. The highest BCUT2D eigenvalue weighted by Gasteiger charge is 2.21. The van der Waals surface area contributed by atoms with Gasteiger partial charge in [0.1, 0.15) is 0 Å². The van der Waals surface area contributed by atoms with Crippen LogP contribution >= 0.6 is 0 Å². The van der Waals surface area contributed by atoms with Crippen LogP contribution in [0.1, 0.15) is 18.9 Å². The van der Waals surface area contributed by atoms with Gasteiger partial charge in [-0.25, -0.2) is 8.42 Å². The van der Waals surface area contributed by atoms with E-state index in [-0.39, 0.29) is 12.4 Å². The van der Waals surface area contributed by atoms with Gasteiger partial charge in [-0.2, -0.15) is 0 Å². The molecule has 0 spiro atoms. The van der Waals surface area contributed by atoms with E-state index in [2.05, 4.69) is 0 Å². The first kappa shape index (κ1) is 16.9. The molecule has 0 amide bonds. The molecule has 0 aliphatic carbocycles. The van der Waals surface area contributed by atoms with Gasteiger partial charge < -0.3 is 10.5 Å². The summed E-state index contributed by atoms with van der Waals surface area (Å²) in [6.07, 6.45) is 0.627. The molecule has 1 aromatic carbocycles. The number of benzene rings is 1. The van der Waals surface area contributed by atoms with Crippen molar-refractivity contribution in [1.82, 2.24) is 0 Å².